The molecule has 0 aliphatic rings. The molecule has 5 nitrogen and oxygen atoms in total. The number of furan rings is 2. The van der Waals surface area contributed by atoms with Crippen LogP contribution in [0.5, 0.6) is 0 Å². The number of rotatable bonds is 9. The zero-order chi connectivity index (χ0) is 45.8. The third-order valence-electron chi connectivity index (χ3n) is 12.8. The first-order valence-electron chi connectivity index (χ1n) is 22.8. The van der Waals surface area contributed by atoms with Gasteiger partial charge in [0.05, 0.1) is 11.4 Å². The summed E-state index contributed by atoms with van der Waals surface area (Å²) in [5, 5.41) is 2.11. The maximum Gasteiger partial charge on any atom is 0.135 e. The summed E-state index contributed by atoms with van der Waals surface area (Å²) in [6, 6.07) is 62.6. The number of hydrogen-bond acceptors (Lipinski definition) is 5. The molecule has 0 atom stereocenters. The van der Waals surface area contributed by atoms with Crippen molar-refractivity contribution < 1.29 is 8.83 Å². The lowest BCUT2D eigenvalue weighted by Crippen LogP contribution is -2.12. The third kappa shape index (κ3) is 8.10. The van der Waals surface area contributed by atoms with E-state index in [1.165, 1.54) is 0 Å². The predicted octanol–water partition coefficient (Wildman–Crippen LogP) is 17.3. The lowest BCUT2D eigenvalue weighted by atomic mass is 9.96. The molecule has 0 bridgehead atoms. The quantitative estimate of drug-likeness (QED) is 0.145. The van der Waals surface area contributed by atoms with E-state index in [0.29, 0.717) is 0 Å². The van der Waals surface area contributed by atoms with E-state index >= 15 is 0 Å². The highest BCUT2D eigenvalue weighted by molar-refractivity contribution is 5.92. The number of aryl methyl sites for hydroxylation is 6. The fourth-order valence-corrected chi connectivity index (χ4v) is 9.23. The van der Waals surface area contributed by atoms with E-state index in [0.717, 1.165) is 140 Å². The third-order valence-corrected chi connectivity index (χ3v) is 12.8. The molecule has 0 aliphatic heterocycles. The van der Waals surface area contributed by atoms with Crippen LogP contribution in [0.15, 0.2) is 197 Å². The Labute approximate surface area is 391 Å². The Hall–Kier alpha value is -8.28. The molecular formula is C62H49N3O2. The Morgan fingerprint density at radius 3 is 1.27 bits per heavy atom. The zero-order valence-electron chi connectivity index (χ0n) is 38.6. The second-order valence-electron chi connectivity index (χ2n) is 18.0. The normalized spacial score (nSPS) is 11.4. The minimum Gasteiger partial charge on any atom is -0.456 e. The van der Waals surface area contributed by atoms with Crippen molar-refractivity contribution in [2.75, 3.05) is 4.90 Å². The lowest BCUT2D eigenvalue weighted by Gasteiger charge is -2.29. The topological polar surface area (TPSA) is 55.3 Å². The molecule has 7 aromatic carbocycles. The van der Waals surface area contributed by atoms with Crippen LogP contribution in [-0.2, 0) is 0 Å². The first kappa shape index (κ1) is 41.4. The Morgan fingerprint density at radius 1 is 0.358 bits per heavy atom. The molecule has 11 rings (SSSR count). The fourth-order valence-electron chi connectivity index (χ4n) is 9.23. The van der Waals surface area contributed by atoms with Crippen molar-refractivity contribution in [2.24, 2.45) is 0 Å². The smallest absolute Gasteiger partial charge is 0.135 e. The van der Waals surface area contributed by atoms with Gasteiger partial charge in [-0.2, -0.15) is 0 Å². The van der Waals surface area contributed by atoms with Crippen molar-refractivity contribution in [2.45, 2.75) is 41.5 Å². The van der Waals surface area contributed by atoms with E-state index in [2.05, 4.69) is 222 Å². The number of nitrogens with zero attached hydrogens (tertiary/aromatic N) is 3. The molecule has 0 N–H and O–H groups in total. The maximum absolute atomic E-state index is 6.72. The minimum absolute atomic E-state index is 0.782. The Bertz CT molecular complexity index is 3440. The number of aromatic nitrogens is 2. The highest BCUT2D eigenvalue weighted by Gasteiger charge is 2.23. The summed E-state index contributed by atoms with van der Waals surface area (Å²) in [6.07, 6.45) is 3.97. The Morgan fingerprint density at radius 2 is 0.791 bits per heavy atom. The summed E-state index contributed by atoms with van der Waals surface area (Å²) in [5.74, 6) is 1.56. The molecule has 67 heavy (non-hydrogen) atoms. The molecule has 5 heteroatoms. The van der Waals surface area contributed by atoms with Gasteiger partial charge in [0.15, 0.2) is 0 Å². The molecule has 0 saturated heterocycles. The van der Waals surface area contributed by atoms with Crippen LogP contribution in [0.25, 0.3) is 89.4 Å². The molecular weight excluding hydrogens is 819 g/mol. The van der Waals surface area contributed by atoms with E-state index in [4.69, 9.17) is 18.8 Å². The first-order valence-corrected chi connectivity index (χ1v) is 22.8. The van der Waals surface area contributed by atoms with E-state index in [9.17, 15) is 0 Å². The van der Waals surface area contributed by atoms with Gasteiger partial charge in [-0.25, -0.2) is 0 Å². The van der Waals surface area contributed by atoms with Gasteiger partial charge in [-0.1, -0.05) is 97.1 Å². The number of benzene rings is 7. The fraction of sp³-hybridized carbons (Fsp3) is 0.0968. The number of fused-ring (bicyclic) bond motifs is 2. The molecule has 0 amide bonds. The summed E-state index contributed by atoms with van der Waals surface area (Å²) in [6.45, 7) is 12.8. The van der Waals surface area contributed by atoms with Crippen molar-refractivity contribution in [3.8, 4) is 67.4 Å². The molecule has 11 aromatic rings. The lowest BCUT2D eigenvalue weighted by molar-refractivity contribution is 0.631. The molecule has 324 valence electrons. The second kappa shape index (κ2) is 16.9. The molecule has 0 unspecified atom stereocenters. The largest absolute Gasteiger partial charge is 0.456 e. The summed E-state index contributed by atoms with van der Waals surface area (Å²) in [7, 11) is 0. The van der Waals surface area contributed by atoms with Crippen LogP contribution < -0.4 is 4.90 Å². The van der Waals surface area contributed by atoms with Crippen LogP contribution in [0.1, 0.15) is 33.4 Å². The number of hydrogen-bond donors (Lipinski definition) is 0. The van der Waals surface area contributed by atoms with Gasteiger partial charge in [0.25, 0.3) is 0 Å². The van der Waals surface area contributed by atoms with Crippen LogP contribution in [0.4, 0.5) is 17.1 Å². The second-order valence-corrected chi connectivity index (χ2v) is 18.0. The number of anilines is 3. The maximum atomic E-state index is 6.72. The van der Waals surface area contributed by atoms with Crippen LogP contribution in [-0.4, -0.2) is 9.97 Å². The van der Waals surface area contributed by atoms with E-state index < -0.39 is 0 Å². The van der Waals surface area contributed by atoms with Crippen molar-refractivity contribution in [1.82, 2.24) is 9.97 Å². The molecule has 0 aliphatic carbocycles. The molecule has 0 fully saturated rings. The van der Waals surface area contributed by atoms with Crippen LogP contribution >= 0.6 is 0 Å². The van der Waals surface area contributed by atoms with Gasteiger partial charge in [0, 0.05) is 62.5 Å². The van der Waals surface area contributed by atoms with Gasteiger partial charge in [-0.15, -0.1) is 0 Å². The van der Waals surface area contributed by atoms with Gasteiger partial charge in [-0.05, 0) is 176 Å². The van der Waals surface area contributed by atoms with E-state index in [1.807, 2.05) is 12.4 Å². The standard InChI is InChI=1S/C62H49N3O2/c1-38-17-20-41(4)58(23-38)65(52-28-48(56-34-54(42(5)36-63-56)44-13-9-7-10-14-44)26-50(30-52)61-32-46-21-18-39(2)24-59(46)66-61)53-29-49(57-35-55(43(6)37-64-57)45-15-11-8-12-16-45)27-51(31-53)62-33-47-22-19-40(3)25-60(47)67-62/h7-37H,1-6H3. The van der Waals surface area contributed by atoms with Crippen LogP contribution in [0.3, 0.4) is 0 Å². The van der Waals surface area contributed by atoms with Gasteiger partial charge in [0.1, 0.15) is 22.7 Å². The van der Waals surface area contributed by atoms with E-state index in [1.54, 1.807) is 0 Å². The molecule has 0 radical (unpaired) electrons. The van der Waals surface area contributed by atoms with Crippen molar-refractivity contribution >= 4 is 39.0 Å². The monoisotopic (exact) mass is 867 g/mol. The molecule has 4 aromatic heterocycles. The summed E-state index contributed by atoms with van der Waals surface area (Å²) >= 11 is 0. The average molecular weight is 868 g/mol. The van der Waals surface area contributed by atoms with Gasteiger partial charge in [-0.3, -0.25) is 9.97 Å². The minimum atomic E-state index is 0.782. The van der Waals surface area contributed by atoms with Gasteiger partial charge >= 0.3 is 0 Å². The highest BCUT2D eigenvalue weighted by atomic mass is 16.3. The van der Waals surface area contributed by atoms with Crippen LogP contribution in [0, 0.1) is 41.5 Å². The van der Waals surface area contributed by atoms with Crippen molar-refractivity contribution in [3.05, 3.63) is 222 Å². The summed E-state index contributed by atoms with van der Waals surface area (Å²) in [5.41, 5.74) is 21.6. The highest BCUT2D eigenvalue weighted by Crippen LogP contribution is 2.45. The number of pyridine rings is 2. The SMILES string of the molecule is Cc1ccc(C)c(N(c2cc(-c3cc(-c4ccccc4)c(C)cn3)cc(-c3cc4ccc(C)cc4o3)c2)c2cc(-c3cc(-c4ccccc4)c(C)cn3)cc(-c3cc4ccc(C)cc4o3)c2)c1. The average Bonchev–Trinajstić information content (AvgIpc) is 3.98. The molecule has 0 spiro atoms. The van der Waals surface area contributed by atoms with Crippen molar-refractivity contribution in [3.63, 3.8) is 0 Å². The summed E-state index contributed by atoms with van der Waals surface area (Å²) in [4.78, 5) is 12.6. The van der Waals surface area contributed by atoms with Gasteiger partial charge < -0.3 is 13.7 Å². The van der Waals surface area contributed by atoms with Crippen LogP contribution in [0.2, 0.25) is 0 Å². The van der Waals surface area contributed by atoms with E-state index in [-0.39, 0.29) is 0 Å². The predicted molar refractivity (Wildman–Crippen MR) is 277 cm³/mol. The molecule has 4 heterocycles. The zero-order valence-corrected chi connectivity index (χ0v) is 38.6. The first-order chi connectivity index (χ1) is 32.6. The summed E-state index contributed by atoms with van der Waals surface area (Å²) < 4.78 is 13.4. The molecule has 0 saturated carbocycles. The Kier molecular flexibility index (Phi) is 10.5. The Balaban J connectivity index is 1.18. The van der Waals surface area contributed by atoms with Gasteiger partial charge in [0.2, 0.25) is 0 Å². The van der Waals surface area contributed by atoms with Crippen molar-refractivity contribution in [1.29, 1.82) is 0 Å².